The van der Waals surface area contributed by atoms with Crippen molar-refractivity contribution in [3.05, 3.63) is 47.0 Å². The molecule has 1 atom stereocenters. The molecule has 0 spiro atoms. The molecule has 25 heavy (non-hydrogen) atoms. The van der Waals surface area contributed by atoms with Crippen LogP contribution < -0.4 is 5.32 Å². The van der Waals surface area contributed by atoms with Crippen LogP contribution in [0.5, 0.6) is 0 Å². The molecule has 0 aliphatic carbocycles. The van der Waals surface area contributed by atoms with E-state index in [4.69, 9.17) is 0 Å². The van der Waals surface area contributed by atoms with Crippen molar-refractivity contribution in [2.24, 2.45) is 0 Å². The lowest BCUT2D eigenvalue weighted by atomic mass is 9.99. The summed E-state index contributed by atoms with van der Waals surface area (Å²) in [6.45, 7) is 5.41. The van der Waals surface area contributed by atoms with Gasteiger partial charge in [0.25, 0.3) is 0 Å². The van der Waals surface area contributed by atoms with E-state index < -0.39 is 0 Å². The van der Waals surface area contributed by atoms with Crippen LogP contribution in [0.4, 0.5) is 0 Å². The number of fused-ring (bicyclic) bond motifs is 2. The lowest BCUT2D eigenvalue weighted by Gasteiger charge is -2.32. The zero-order valence-corrected chi connectivity index (χ0v) is 14.7. The minimum atomic E-state index is -0.113. The molecule has 0 fully saturated rings. The highest BCUT2D eigenvalue weighted by molar-refractivity contribution is 5.81. The van der Waals surface area contributed by atoms with E-state index in [9.17, 15) is 4.79 Å². The number of carbonyl (C=O) groups excluding carboxylic acids is 1. The summed E-state index contributed by atoms with van der Waals surface area (Å²) in [7, 11) is 0. The molecular formula is C19H25N5O. The third-order valence-electron chi connectivity index (χ3n) is 5.42. The largest absolute Gasteiger partial charge is 0.354 e. The van der Waals surface area contributed by atoms with Crippen LogP contribution in [0.1, 0.15) is 36.1 Å². The minimum Gasteiger partial charge on any atom is -0.354 e. The SMILES string of the molecule is C[C@H](C(=O)NCCc1nnc2n1CCC2)N1CCc2ccccc2C1. The first kappa shape index (κ1) is 16.3. The van der Waals surface area contributed by atoms with Crippen molar-refractivity contribution in [1.29, 1.82) is 0 Å². The summed E-state index contributed by atoms with van der Waals surface area (Å²) in [4.78, 5) is 14.8. The highest BCUT2D eigenvalue weighted by Crippen LogP contribution is 2.20. The maximum atomic E-state index is 12.5. The van der Waals surface area contributed by atoms with Crippen LogP contribution in [0.3, 0.4) is 0 Å². The molecule has 2 aromatic rings. The van der Waals surface area contributed by atoms with Gasteiger partial charge in [-0.3, -0.25) is 9.69 Å². The Kier molecular flexibility index (Phi) is 4.53. The van der Waals surface area contributed by atoms with Gasteiger partial charge in [0.1, 0.15) is 11.6 Å². The van der Waals surface area contributed by atoms with Crippen LogP contribution in [0.15, 0.2) is 24.3 Å². The fourth-order valence-electron chi connectivity index (χ4n) is 3.85. The predicted molar refractivity (Wildman–Crippen MR) is 95.1 cm³/mol. The summed E-state index contributed by atoms with van der Waals surface area (Å²) in [5.41, 5.74) is 2.75. The first-order chi connectivity index (χ1) is 12.2. The standard InChI is InChI=1S/C19H25N5O/c1-14(23-12-9-15-5-2-3-6-16(15)13-23)19(25)20-10-8-18-22-21-17-7-4-11-24(17)18/h2-3,5-6,14H,4,7-13H2,1H3,(H,20,25)/t14-/m1/s1. The summed E-state index contributed by atoms with van der Waals surface area (Å²) in [5, 5.41) is 11.5. The second-order valence-electron chi connectivity index (χ2n) is 6.99. The summed E-state index contributed by atoms with van der Waals surface area (Å²) in [5.74, 6) is 2.18. The first-order valence-corrected chi connectivity index (χ1v) is 9.22. The molecule has 6 nitrogen and oxygen atoms in total. The number of amides is 1. The molecule has 2 aliphatic heterocycles. The highest BCUT2D eigenvalue weighted by atomic mass is 16.2. The molecule has 4 rings (SSSR count). The third-order valence-corrected chi connectivity index (χ3v) is 5.42. The molecule has 132 valence electrons. The smallest absolute Gasteiger partial charge is 0.237 e. The molecule has 0 bridgehead atoms. The van der Waals surface area contributed by atoms with Crippen molar-refractivity contribution in [2.45, 2.75) is 51.7 Å². The Balaban J connectivity index is 1.29. The van der Waals surface area contributed by atoms with Gasteiger partial charge in [0.15, 0.2) is 0 Å². The van der Waals surface area contributed by atoms with Gasteiger partial charge in [0.2, 0.25) is 5.91 Å². The van der Waals surface area contributed by atoms with Crippen LogP contribution in [0.25, 0.3) is 0 Å². The molecule has 2 aliphatic rings. The van der Waals surface area contributed by atoms with E-state index in [1.54, 1.807) is 0 Å². The second kappa shape index (κ2) is 6.96. The molecule has 6 heteroatoms. The van der Waals surface area contributed by atoms with Crippen LogP contribution in [0.2, 0.25) is 0 Å². The molecule has 1 N–H and O–H groups in total. The van der Waals surface area contributed by atoms with Crippen molar-refractivity contribution in [2.75, 3.05) is 13.1 Å². The number of aryl methyl sites for hydroxylation is 1. The fraction of sp³-hybridized carbons (Fsp3) is 0.526. The van der Waals surface area contributed by atoms with E-state index in [1.165, 1.54) is 11.1 Å². The van der Waals surface area contributed by atoms with Gasteiger partial charge in [-0.2, -0.15) is 0 Å². The lowest BCUT2D eigenvalue weighted by Crippen LogP contribution is -2.47. The van der Waals surface area contributed by atoms with Gasteiger partial charge < -0.3 is 9.88 Å². The van der Waals surface area contributed by atoms with Crippen molar-refractivity contribution >= 4 is 5.91 Å². The van der Waals surface area contributed by atoms with Gasteiger partial charge in [0.05, 0.1) is 6.04 Å². The van der Waals surface area contributed by atoms with Gasteiger partial charge in [-0.15, -0.1) is 10.2 Å². The minimum absolute atomic E-state index is 0.0977. The highest BCUT2D eigenvalue weighted by Gasteiger charge is 2.25. The maximum Gasteiger partial charge on any atom is 0.237 e. The normalized spacial score (nSPS) is 17.8. The maximum absolute atomic E-state index is 12.5. The van der Waals surface area contributed by atoms with Crippen LogP contribution >= 0.6 is 0 Å². The predicted octanol–water partition coefficient (Wildman–Crippen LogP) is 1.33. The number of nitrogens with one attached hydrogen (secondary N) is 1. The molecule has 0 saturated carbocycles. The van der Waals surface area contributed by atoms with Crippen molar-refractivity contribution < 1.29 is 4.79 Å². The van der Waals surface area contributed by atoms with Gasteiger partial charge >= 0.3 is 0 Å². The Labute approximate surface area is 148 Å². The average molecular weight is 339 g/mol. The second-order valence-corrected chi connectivity index (χ2v) is 6.99. The Bertz CT molecular complexity index is 769. The molecule has 0 radical (unpaired) electrons. The first-order valence-electron chi connectivity index (χ1n) is 9.22. The van der Waals surface area contributed by atoms with E-state index in [0.717, 1.165) is 57.0 Å². The molecule has 1 aromatic carbocycles. The van der Waals surface area contributed by atoms with Gasteiger partial charge in [0, 0.05) is 39.0 Å². The van der Waals surface area contributed by atoms with Gasteiger partial charge in [-0.05, 0) is 30.9 Å². The van der Waals surface area contributed by atoms with E-state index in [0.29, 0.717) is 6.54 Å². The Hall–Kier alpha value is -2.21. The van der Waals surface area contributed by atoms with Crippen LogP contribution in [-0.2, 0) is 37.1 Å². The Morgan fingerprint density at radius 1 is 1.20 bits per heavy atom. The molecule has 0 saturated heterocycles. The topological polar surface area (TPSA) is 63.1 Å². The zero-order chi connectivity index (χ0) is 17.2. The molecular weight excluding hydrogens is 314 g/mol. The quantitative estimate of drug-likeness (QED) is 0.893. The number of hydrogen-bond acceptors (Lipinski definition) is 4. The fourth-order valence-corrected chi connectivity index (χ4v) is 3.85. The number of aromatic nitrogens is 3. The van der Waals surface area contributed by atoms with Gasteiger partial charge in [-0.25, -0.2) is 0 Å². The third kappa shape index (κ3) is 3.31. The van der Waals surface area contributed by atoms with Crippen molar-refractivity contribution in [3.63, 3.8) is 0 Å². The number of benzene rings is 1. The monoisotopic (exact) mass is 339 g/mol. The van der Waals surface area contributed by atoms with E-state index in [2.05, 4.69) is 49.2 Å². The molecule has 1 aromatic heterocycles. The van der Waals surface area contributed by atoms with E-state index in [1.807, 2.05) is 6.92 Å². The van der Waals surface area contributed by atoms with E-state index in [-0.39, 0.29) is 11.9 Å². The summed E-state index contributed by atoms with van der Waals surface area (Å²) in [6.07, 6.45) is 3.93. The van der Waals surface area contributed by atoms with Crippen LogP contribution in [-0.4, -0.2) is 44.7 Å². The lowest BCUT2D eigenvalue weighted by molar-refractivity contribution is -0.126. The Morgan fingerprint density at radius 3 is 2.92 bits per heavy atom. The molecule has 1 amide bonds. The molecule has 3 heterocycles. The Morgan fingerprint density at radius 2 is 2.04 bits per heavy atom. The number of rotatable bonds is 5. The summed E-state index contributed by atoms with van der Waals surface area (Å²) < 4.78 is 2.19. The van der Waals surface area contributed by atoms with E-state index >= 15 is 0 Å². The average Bonchev–Trinajstić information content (AvgIpc) is 3.25. The van der Waals surface area contributed by atoms with Crippen molar-refractivity contribution in [1.82, 2.24) is 25.0 Å². The van der Waals surface area contributed by atoms with Crippen LogP contribution in [0, 0.1) is 0 Å². The number of carbonyl (C=O) groups is 1. The summed E-state index contributed by atoms with van der Waals surface area (Å²) >= 11 is 0. The zero-order valence-electron chi connectivity index (χ0n) is 14.7. The molecule has 0 unspecified atom stereocenters. The van der Waals surface area contributed by atoms with Crippen molar-refractivity contribution in [3.8, 4) is 0 Å². The van der Waals surface area contributed by atoms with Gasteiger partial charge in [-0.1, -0.05) is 24.3 Å². The number of hydrogen-bond donors (Lipinski definition) is 1. The number of nitrogens with zero attached hydrogens (tertiary/aromatic N) is 4. The summed E-state index contributed by atoms with van der Waals surface area (Å²) in [6, 6.07) is 8.40.